The highest BCUT2D eigenvalue weighted by Gasteiger charge is 2.78. The summed E-state index contributed by atoms with van der Waals surface area (Å²) < 4.78 is 0. The largest absolute Gasteiger partial charge is 0.299 e. The number of Topliss-reactive ketones (excluding diaryl/α,β-unsaturated/α-hetero) is 2. The van der Waals surface area contributed by atoms with E-state index >= 15 is 0 Å². The average Bonchev–Trinajstić information content (AvgIpc) is 2.49. The minimum Gasteiger partial charge on any atom is -0.299 e. The third-order valence-corrected chi connectivity index (χ3v) is 5.32. The van der Waals surface area contributed by atoms with Crippen molar-refractivity contribution in [3.05, 3.63) is 0 Å². The number of ketones is 2. The predicted molar refractivity (Wildman–Crippen MR) is 52.6 cm³/mol. The SMILES string of the molecule is O=C1CCC2(Cl)C1C1(Cl)CCC(=O)C21. The van der Waals surface area contributed by atoms with Crippen molar-refractivity contribution in [3.63, 3.8) is 0 Å². The summed E-state index contributed by atoms with van der Waals surface area (Å²) >= 11 is 12.7. The smallest absolute Gasteiger partial charge is 0.139 e. The number of alkyl halides is 2. The van der Waals surface area contributed by atoms with Crippen LogP contribution in [0, 0.1) is 11.8 Å². The van der Waals surface area contributed by atoms with Gasteiger partial charge in [-0.3, -0.25) is 9.59 Å². The number of carbonyl (C=O) groups is 2. The van der Waals surface area contributed by atoms with E-state index in [0.29, 0.717) is 25.7 Å². The summed E-state index contributed by atoms with van der Waals surface area (Å²) in [5.74, 6) is -0.230. The van der Waals surface area contributed by atoms with Gasteiger partial charge < -0.3 is 0 Å². The van der Waals surface area contributed by atoms with Crippen LogP contribution >= 0.6 is 23.2 Å². The molecule has 0 N–H and O–H groups in total. The third kappa shape index (κ3) is 0.737. The van der Waals surface area contributed by atoms with Crippen molar-refractivity contribution in [2.24, 2.45) is 11.8 Å². The molecule has 0 bridgehead atoms. The van der Waals surface area contributed by atoms with Crippen LogP contribution in [-0.4, -0.2) is 21.3 Å². The second kappa shape index (κ2) is 2.35. The molecule has 14 heavy (non-hydrogen) atoms. The van der Waals surface area contributed by atoms with Crippen LogP contribution < -0.4 is 0 Å². The Bertz CT molecular complexity index is 308. The molecule has 0 aromatic rings. The Hall–Kier alpha value is -0.0800. The van der Waals surface area contributed by atoms with Gasteiger partial charge in [0, 0.05) is 12.8 Å². The molecule has 0 unspecified atom stereocenters. The summed E-state index contributed by atoms with van der Waals surface area (Å²) in [7, 11) is 0. The van der Waals surface area contributed by atoms with E-state index in [4.69, 9.17) is 23.2 Å². The number of hydrogen-bond donors (Lipinski definition) is 0. The summed E-state index contributed by atoms with van der Waals surface area (Å²) in [6, 6.07) is 0. The van der Waals surface area contributed by atoms with Gasteiger partial charge in [0.25, 0.3) is 0 Å². The fourth-order valence-electron chi connectivity index (χ4n) is 3.60. The summed E-state index contributed by atoms with van der Waals surface area (Å²) in [5.41, 5.74) is 0. The van der Waals surface area contributed by atoms with Gasteiger partial charge in [0.05, 0.1) is 21.6 Å². The lowest BCUT2D eigenvalue weighted by Gasteiger charge is -2.55. The van der Waals surface area contributed by atoms with E-state index in [0.717, 1.165) is 0 Å². The monoisotopic (exact) mass is 232 g/mol. The fourth-order valence-corrected chi connectivity index (χ4v) is 5.17. The molecule has 0 aromatic heterocycles. The van der Waals surface area contributed by atoms with Crippen LogP contribution in [0.25, 0.3) is 0 Å². The van der Waals surface area contributed by atoms with Crippen LogP contribution in [0.4, 0.5) is 0 Å². The zero-order valence-electron chi connectivity index (χ0n) is 7.56. The van der Waals surface area contributed by atoms with Crippen LogP contribution in [0.5, 0.6) is 0 Å². The molecule has 3 aliphatic carbocycles. The van der Waals surface area contributed by atoms with Crippen molar-refractivity contribution < 1.29 is 9.59 Å². The summed E-state index contributed by atoms with van der Waals surface area (Å²) in [5, 5.41) is 0. The molecule has 2 nitrogen and oxygen atoms in total. The molecule has 3 saturated carbocycles. The topological polar surface area (TPSA) is 34.1 Å². The Balaban J connectivity index is 2.08. The molecule has 0 atom stereocenters. The van der Waals surface area contributed by atoms with E-state index in [9.17, 15) is 9.59 Å². The number of rotatable bonds is 0. The third-order valence-electron chi connectivity index (χ3n) is 4.07. The van der Waals surface area contributed by atoms with E-state index in [1.54, 1.807) is 0 Å². The van der Waals surface area contributed by atoms with E-state index in [2.05, 4.69) is 0 Å². The number of halogens is 2. The van der Waals surface area contributed by atoms with Crippen molar-refractivity contribution in [2.45, 2.75) is 35.4 Å². The first kappa shape index (κ1) is 9.17. The van der Waals surface area contributed by atoms with E-state index in [-0.39, 0.29) is 23.4 Å². The maximum absolute atomic E-state index is 11.6. The van der Waals surface area contributed by atoms with E-state index in [1.165, 1.54) is 0 Å². The van der Waals surface area contributed by atoms with Gasteiger partial charge in [0.1, 0.15) is 11.6 Å². The summed E-state index contributed by atoms with van der Waals surface area (Å²) in [6.07, 6.45) is 2.24. The Kier molecular flexibility index (Phi) is 1.54. The van der Waals surface area contributed by atoms with Gasteiger partial charge in [-0.1, -0.05) is 0 Å². The van der Waals surface area contributed by atoms with Crippen LogP contribution in [0.1, 0.15) is 25.7 Å². The molecule has 0 aliphatic heterocycles. The van der Waals surface area contributed by atoms with Gasteiger partial charge in [-0.05, 0) is 12.8 Å². The Labute approximate surface area is 91.9 Å². The zero-order chi connectivity index (χ0) is 10.1. The van der Waals surface area contributed by atoms with Gasteiger partial charge in [-0.25, -0.2) is 0 Å². The van der Waals surface area contributed by atoms with Gasteiger partial charge in [-0.2, -0.15) is 0 Å². The normalized spacial score (nSPS) is 55.6. The summed E-state index contributed by atoms with van der Waals surface area (Å²) in [6.45, 7) is 0. The lowest BCUT2D eigenvalue weighted by molar-refractivity contribution is -0.131. The maximum Gasteiger partial charge on any atom is 0.139 e. The second-order valence-electron chi connectivity index (χ2n) is 4.65. The Morgan fingerprint density at radius 1 is 0.929 bits per heavy atom. The fraction of sp³-hybridized carbons (Fsp3) is 0.800. The molecule has 4 heteroatoms. The molecular weight excluding hydrogens is 223 g/mol. The predicted octanol–water partition coefficient (Wildman–Crippen LogP) is 1.91. The van der Waals surface area contributed by atoms with E-state index in [1.807, 2.05) is 0 Å². The van der Waals surface area contributed by atoms with Crippen molar-refractivity contribution in [1.82, 2.24) is 0 Å². The molecule has 0 amide bonds. The molecule has 3 fully saturated rings. The summed E-state index contributed by atoms with van der Waals surface area (Å²) in [4.78, 5) is 22.0. The second-order valence-corrected chi connectivity index (χ2v) is 6.06. The number of fused-ring (bicyclic) bond motifs is 4. The van der Waals surface area contributed by atoms with Crippen molar-refractivity contribution in [1.29, 1.82) is 0 Å². The first-order valence-corrected chi connectivity index (χ1v) is 5.69. The molecular formula is C10H10Cl2O2. The highest BCUT2D eigenvalue weighted by atomic mass is 35.5. The van der Waals surface area contributed by atoms with E-state index < -0.39 is 9.75 Å². The lowest BCUT2D eigenvalue weighted by Crippen LogP contribution is -2.67. The molecule has 0 heterocycles. The van der Waals surface area contributed by atoms with Gasteiger partial charge in [-0.15, -0.1) is 23.2 Å². The first-order valence-electron chi connectivity index (χ1n) is 4.93. The standard InChI is InChI=1S/C10H10Cl2O2/c11-9-3-1-5(13)7(9)10(12)4-2-6(14)8(9)10/h7-8H,1-4H2. The molecule has 3 rings (SSSR count). The molecule has 0 saturated heterocycles. The van der Waals surface area contributed by atoms with Crippen LogP contribution in [0.3, 0.4) is 0 Å². The zero-order valence-corrected chi connectivity index (χ0v) is 9.07. The molecule has 76 valence electrons. The minimum atomic E-state index is -0.619. The van der Waals surface area contributed by atoms with Crippen LogP contribution in [0.2, 0.25) is 0 Å². The first-order chi connectivity index (χ1) is 6.50. The molecule has 0 aromatic carbocycles. The molecule has 0 radical (unpaired) electrons. The van der Waals surface area contributed by atoms with Gasteiger partial charge in [0.2, 0.25) is 0 Å². The van der Waals surface area contributed by atoms with Crippen molar-refractivity contribution in [3.8, 4) is 0 Å². The van der Waals surface area contributed by atoms with Crippen molar-refractivity contribution in [2.75, 3.05) is 0 Å². The number of carbonyl (C=O) groups excluding carboxylic acids is 2. The Morgan fingerprint density at radius 3 is 1.64 bits per heavy atom. The lowest BCUT2D eigenvalue weighted by atomic mass is 9.58. The van der Waals surface area contributed by atoms with Crippen molar-refractivity contribution >= 4 is 34.8 Å². The van der Waals surface area contributed by atoms with Crippen LogP contribution in [-0.2, 0) is 9.59 Å². The van der Waals surface area contributed by atoms with Gasteiger partial charge in [0.15, 0.2) is 0 Å². The average molecular weight is 233 g/mol. The molecule has 3 aliphatic rings. The minimum absolute atomic E-state index is 0.154. The quantitative estimate of drug-likeness (QED) is 0.599. The van der Waals surface area contributed by atoms with Gasteiger partial charge >= 0.3 is 0 Å². The maximum atomic E-state index is 11.6. The highest BCUT2D eigenvalue weighted by molar-refractivity contribution is 6.38. The Morgan fingerprint density at radius 2 is 1.29 bits per heavy atom. The molecule has 0 spiro atoms. The van der Waals surface area contributed by atoms with Crippen LogP contribution in [0.15, 0.2) is 0 Å². The highest BCUT2D eigenvalue weighted by Crippen LogP contribution is 2.70. The number of hydrogen-bond acceptors (Lipinski definition) is 2.